The van der Waals surface area contributed by atoms with Crippen molar-refractivity contribution in [2.45, 2.75) is 6.92 Å². The number of aryl methyl sites for hydroxylation is 2. The van der Waals surface area contributed by atoms with Crippen molar-refractivity contribution < 1.29 is 4.79 Å². The smallest absolute Gasteiger partial charge is 0.260 e. The van der Waals surface area contributed by atoms with E-state index in [2.05, 4.69) is 20.6 Å². The van der Waals surface area contributed by atoms with Gasteiger partial charge in [0.15, 0.2) is 5.82 Å². The number of carbonyl (C=O) groups excluding carboxylic acids is 1. The highest BCUT2D eigenvalue weighted by atomic mass is 16.1. The highest BCUT2D eigenvalue weighted by Gasteiger charge is 2.14. The summed E-state index contributed by atoms with van der Waals surface area (Å²) >= 11 is 0. The predicted molar refractivity (Wildman–Crippen MR) is 58.9 cm³/mol. The molecule has 7 heteroatoms. The van der Waals surface area contributed by atoms with Gasteiger partial charge in [-0.2, -0.15) is 10.2 Å². The number of aromatic nitrogens is 4. The molecule has 0 saturated heterocycles. The zero-order valence-electron chi connectivity index (χ0n) is 8.98. The fourth-order valence-corrected chi connectivity index (χ4v) is 1.36. The minimum Gasteiger partial charge on any atom is -0.394 e. The molecule has 0 unspecified atom stereocenters. The van der Waals surface area contributed by atoms with Crippen molar-refractivity contribution in [2.24, 2.45) is 7.05 Å². The second-order valence-corrected chi connectivity index (χ2v) is 3.43. The molecule has 0 bridgehead atoms. The molecule has 0 aliphatic carbocycles. The molecule has 0 saturated carbocycles. The van der Waals surface area contributed by atoms with Crippen molar-refractivity contribution in [3.05, 3.63) is 23.7 Å². The fraction of sp³-hybridized carbons (Fsp3) is 0.222. The van der Waals surface area contributed by atoms with Crippen LogP contribution >= 0.6 is 0 Å². The average molecular weight is 220 g/mol. The third kappa shape index (κ3) is 1.62. The Balaban J connectivity index is 2.24. The average Bonchev–Trinajstić information content (AvgIpc) is 2.79. The summed E-state index contributed by atoms with van der Waals surface area (Å²) in [6.45, 7) is 1.77. The number of anilines is 2. The maximum Gasteiger partial charge on any atom is 0.260 e. The Labute approximate surface area is 91.6 Å². The van der Waals surface area contributed by atoms with Gasteiger partial charge in [-0.05, 0) is 6.92 Å². The molecular formula is C9H12N6O. The molecule has 16 heavy (non-hydrogen) atoms. The number of nitrogens with zero attached hydrogens (tertiary/aromatic N) is 3. The van der Waals surface area contributed by atoms with Gasteiger partial charge in [-0.1, -0.05) is 0 Å². The van der Waals surface area contributed by atoms with E-state index in [0.717, 1.165) is 0 Å². The molecule has 0 radical (unpaired) electrons. The van der Waals surface area contributed by atoms with E-state index in [1.807, 2.05) is 0 Å². The molecule has 4 N–H and O–H groups in total. The lowest BCUT2D eigenvalue weighted by molar-refractivity contribution is 0.102. The highest BCUT2D eigenvalue weighted by Crippen LogP contribution is 2.17. The van der Waals surface area contributed by atoms with Crippen LogP contribution in [0.15, 0.2) is 12.4 Å². The monoisotopic (exact) mass is 220 g/mol. The van der Waals surface area contributed by atoms with Gasteiger partial charge in [-0.15, -0.1) is 0 Å². The highest BCUT2D eigenvalue weighted by molar-refractivity contribution is 6.05. The largest absolute Gasteiger partial charge is 0.394 e. The molecule has 84 valence electrons. The standard InChI is InChI=1S/C9H12N6O/c1-5-6(3-11-14-5)9(16)13-8-7(10)4-12-15(8)2/h3-4H,10H2,1-2H3,(H,11,14)(H,13,16). The summed E-state index contributed by atoms with van der Waals surface area (Å²) in [6, 6.07) is 0. The summed E-state index contributed by atoms with van der Waals surface area (Å²) in [5.41, 5.74) is 7.28. The SMILES string of the molecule is Cc1[nH]ncc1C(=O)Nc1c(N)cnn1C. The van der Waals surface area contributed by atoms with Gasteiger partial charge in [0, 0.05) is 12.7 Å². The number of H-pyrrole nitrogens is 1. The summed E-state index contributed by atoms with van der Waals surface area (Å²) in [5.74, 6) is 0.215. The van der Waals surface area contributed by atoms with E-state index < -0.39 is 0 Å². The Morgan fingerprint density at radius 2 is 2.31 bits per heavy atom. The van der Waals surface area contributed by atoms with Gasteiger partial charge in [-0.25, -0.2) is 0 Å². The molecule has 1 amide bonds. The number of hydrogen-bond donors (Lipinski definition) is 3. The minimum absolute atomic E-state index is 0.262. The maximum atomic E-state index is 11.8. The molecule has 0 atom stereocenters. The van der Waals surface area contributed by atoms with Gasteiger partial charge in [-0.3, -0.25) is 14.6 Å². The van der Waals surface area contributed by atoms with Crippen LogP contribution in [-0.4, -0.2) is 25.9 Å². The first-order valence-electron chi connectivity index (χ1n) is 4.68. The van der Waals surface area contributed by atoms with Crippen molar-refractivity contribution >= 4 is 17.4 Å². The number of hydrogen-bond acceptors (Lipinski definition) is 4. The second kappa shape index (κ2) is 3.69. The number of nitrogens with one attached hydrogen (secondary N) is 2. The number of carbonyl (C=O) groups is 1. The van der Waals surface area contributed by atoms with Gasteiger partial charge < -0.3 is 11.1 Å². The van der Waals surface area contributed by atoms with Crippen LogP contribution in [0.3, 0.4) is 0 Å². The molecule has 2 aromatic heterocycles. The van der Waals surface area contributed by atoms with Crippen molar-refractivity contribution in [2.75, 3.05) is 11.1 Å². The van der Waals surface area contributed by atoms with E-state index in [-0.39, 0.29) is 5.91 Å². The first-order valence-corrected chi connectivity index (χ1v) is 4.68. The van der Waals surface area contributed by atoms with E-state index in [9.17, 15) is 4.79 Å². The molecule has 0 aliphatic rings. The lowest BCUT2D eigenvalue weighted by atomic mass is 10.2. The summed E-state index contributed by atoms with van der Waals surface area (Å²) in [7, 11) is 1.70. The van der Waals surface area contributed by atoms with Crippen LogP contribution in [0.1, 0.15) is 16.1 Å². The molecule has 0 fully saturated rings. The Morgan fingerprint density at radius 3 is 2.81 bits per heavy atom. The van der Waals surface area contributed by atoms with Gasteiger partial charge in [0.1, 0.15) is 0 Å². The van der Waals surface area contributed by atoms with Crippen LogP contribution in [0.4, 0.5) is 11.5 Å². The normalized spacial score (nSPS) is 10.4. The quantitative estimate of drug-likeness (QED) is 0.676. The summed E-state index contributed by atoms with van der Waals surface area (Å²) in [6.07, 6.45) is 2.95. The number of aromatic amines is 1. The van der Waals surface area contributed by atoms with Gasteiger partial charge in [0.05, 0.1) is 23.6 Å². The fourth-order valence-electron chi connectivity index (χ4n) is 1.36. The number of amides is 1. The Hall–Kier alpha value is -2.31. The zero-order chi connectivity index (χ0) is 11.7. The predicted octanol–water partition coefficient (Wildman–Crippen LogP) is 0.286. The Bertz CT molecular complexity index is 506. The van der Waals surface area contributed by atoms with Gasteiger partial charge in [0.25, 0.3) is 5.91 Å². The first kappa shape index (κ1) is 10.2. The molecule has 2 heterocycles. The molecule has 0 aromatic carbocycles. The molecule has 0 spiro atoms. The molecule has 2 aromatic rings. The zero-order valence-corrected chi connectivity index (χ0v) is 8.98. The van der Waals surface area contributed by atoms with Gasteiger partial charge >= 0.3 is 0 Å². The van der Waals surface area contributed by atoms with Crippen molar-refractivity contribution in [3.8, 4) is 0 Å². The second-order valence-electron chi connectivity index (χ2n) is 3.43. The molecule has 7 nitrogen and oxygen atoms in total. The third-order valence-electron chi connectivity index (χ3n) is 2.27. The summed E-state index contributed by atoms with van der Waals surface area (Å²) in [4.78, 5) is 11.8. The van der Waals surface area contributed by atoms with Crippen molar-refractivity contribution in [1.29, 1.82) is 0 Å². The van der Waals surface area contributed by atoms with E-state index >= 15 is 0 Å². The lowest BCUT2D eigenvalue weighted by Crippen LogP contribution is -2.15. The van der Waals surface area contributed by atoms with Crippen molar-refractivity contribution in [3.63, 3.8) is 0 Å². The van der Waals surface area contributed by atoms with Crippen LogP contribution in [0.2, 0.25) is 0 Å². The van der Waals surface area contributed by atoms with E-state index in [4.69, 9.17) is 5.73 Å². The summed E-state index contributed by atoms with van der Waals surface area (Å²) in [5, 5.41) is 13.1. The topological polar surface area (TPSA) is 102 Å². The van der Waals surface area contributed by atoms with Crippen LogP contribution < -0.4 is 11.1 Å². The molecule has 0 aliphatic heterocycles. The van der Waals surface area contributed by atoms with Crippen LogP contribution in [0.25, 0.3) is 0 Å². The molecule has 2 rings (SSSR count). The van der Waals surface area contributed by atoms with E-state index in [0.29, 0.717) is 22.8 Å². The number of nitrogen functional groups attached to an aromatic ring is 1. The number of rotatable bonds is 2. The van der Waals surface area contributed by atoms with E-state index in [1.165, 1.54) is 17.1 Å². The van der Waals surface area contributed by atoms with Crippen molar-refractivity contribution in [1.82, 2.24) is 20.0 Å². The van der Waals surface area contributed by atoms with Crippen LogP contribution in [0.5, 0.6) is 0 Å². The Kier molecular flexibility index (Phi) is 2.35. The maximum absolute atomic E-state index is 11.8. The minimum atomic E-state index is -0.262. The summed E-state index contributed by atoms with van der Waals surface area (Å²) < 4.78 is 1.50. The lowest BCUT2D eigenvalue weighted by Gasteiger charge is -2.05. The van der Waals surface area contributed by atoms with Crippen LogP contribution in [-0.2, 0) is 7.05 Å². The third-order valence-corrected chi connectivity index (χ3v) is 2.27. The van der Waals surface area contributed by atoms with Crippen LogP contribution in [0, 0.1) is 6.92 Å². The first-order chi connectivity index (χ1) is 7.59. The Morgan fingerprint density at radius 1 is 1.56 bits per heavy atom. The van der Waals surface area contributed by atoms with Gasteiger partial charge in [0.2, 0.25) is 0 Å². The van der Waals surface area contributed by atoms with E-state index in [1.54, 1.807) is 14.0 Å². The number of nitrogens with two attached hydrogens (primary N) is 1. The molecular weight excluding hydrogens is 208 g/mol.